The number of benzene rings is 3. The number of nitrogens with zero attached hydrogens (tertiary/aromatic N) is 2. The molecule has 1 aliphatic heterocycles. The first-order valence-corrected chi connectivity index (χ1v) is 11.5. The zero-order valence-corrected chi connectivity index (χ0v) is 18.2. The van der Waals surface area contributed by atoms with E-state index in [0.29, 0.717) is 11.4 Å². The van der Waals surface area contributed by atoms with Crippen LogP contribution in [0.15, 0.2) is 83.8 Å². The molecule has 0 fully saturated rings. The van der Waals surface area contributed by atoms with Gasteiger partial charge in [-0.25, -0.2) is 8.42 Å². The van der Waals surface area contributed by atoms with E-state index in [4.69, 9.17) is 4.74 Å². The van der Waals surface area contributed by atoms with E-state index in [1.165, 1.54) is 19.2 Å². The standard InChI is InChI=1S/C24H24N2O4S/c1-18-15-19-9-6-7-14-23(19)26(18)24(27)17-25(20-10-8-11-21(16-20)30-2)31(28,29)22-12-4-3-5-13-22/h3-14,16,18H,15,17H2,1-2H3/t18-/m0/s1. The molecule has 3 aromatic rings. The molecule has 1 aliphatic rings. The van der Waals surface area contributed by atoms with Gasteiger partial charge in [0.05, 0.1) is 17.7 Å². The van der Waals surface area contributed by atoms with Gasteiger partial charge in [0.2, 0.25) is 5.91 Å². The number of anilines is 2. The second-order valence-electron chi connectivity index (χ2n) is 7.47. The molecule has 0 N–H and O–H groups in total. The molecule has 160 valence electrons. The first kappa shape index (κ1) is 20.9. The molecule has 31 heavy (non-hydrogen) atoms. The van der Waals surface area contributed by atoms with Gasteiger partial charge in [-0.05, 0) is 49.2 Å². The number of carbonyl (C=O) groups is 1. The van der Waals surface area contributed by atoms with Crippen molar-refractivity contribution >= 4 is 27.3 Å². The monoisotopic (exact) mass is 436 g/mol. The number of rotatable bonds is 6. The number of carbonyl (C=O) groups excluding carboxylic acids is 1. The lowest BCUT2D eigenvalue weighted by molar-refractivity contribution is -0.117. The Labute approximate surface area is 182 Å². The molecule has 0 saturated heterocycles. The van der Waals surface area contributed by atoms with Crippen LogP contribution in [-0.4, -0.2) is 34.0 Å². The average molecular weight is 437 g/mol. The Morgan fingerprint density at radius 3 is 2.48 bits per heavy atom. The highest BCUT2D eigenvalue weighted by Gasteiger charge is 2.34. The molecule has 0 radical (unpaired) electrons. The fourth-order valence-corrected chi connectivity index (χ4v) is 5.37. The molecule has 4 rings (SSSR count). The van der Waals surface area contributed by atoms with Crippen molar-refractivity contribution in [1.82, 2.24) is 0 Å². The summed E-state index contributed by atoms with van der Waals surface area (Å²) in [5.74, 6) is 0.234. The van der Waals surface area contributed by atoms with Crippen molar-refractivity contribution in [2.75, 3.05) is 22.9 Å². The minimum Gasteiger partial charge on any atom is -0.497 e. The summed E-state index contributed by atoms with van der Waals surface area (Å²) in [6, 6.07) is 22.6. The van der Waals surface area contributed by atoms with Crippen LogP contribution in [0, 0.1) is 0 Å². The molecule has 1 heterocycles. The number of amides is 1. The number of para-hydroxylation sites is 1. The highest BCUT2D eigenvalue weighted by atomic mass is 32.2. The normalized spacial score (nSPS) is 15.4. The van der Waals surface area contributed by atoms with E-state index in [2.05, 4.69) is 0 Å². The minimum atomic E-state index is -3.97. The Morgan fingerprint density at radius 1 is 1.03 bits per heavy atom. The Hall–Kier alpha value is -3.32. The van der Waals surface area contributed by atoms with Crippen LogP contribution in [0.3, 0.4) is 0 Å². The summed E-state index contributed by atoms with van der Waals surface area (Å²) in [7, 11) is -2.45. The van der Waals surface area contributed by atoms with Crippen LogP contribution in [0.2, 0.25) is 0 Å². The molecule has 7 heteroatoms. The highest BCUT2D eigenvalue weighted by molar-refractivity contribution is 7.92. The van der Waals surface area contributed by atoms with Gasteiger partial charge in [0.25, 0.3) is 10.0 Å². The van der Waals surface area contributed by atoms with Gasteiger partial charge in [0.1, 0.15) is 12.3 Å². The summed E-state index contributed by atoms with van der Waals surface area (Å²) in [6.45, 7) is 1.66. The zero-order valence-electron chi connectivity index (χ0n) is 17.4. The lowest BCUT2D eigenvalue weighted by Gasteiger charge is -2.29. The summed E-state index contributed by atoms with van der Waals surface area (Å²) in [4.78, 5) is 15.2. The molecular formula is C24H24N2O4S. The fraction of sp³-hybridized carbons (Fsp3) is 0.208. The van der Waals surface area contributed by atoms with Crippen molar-refractivity contribution in [2.24, 2.45) is 0 Å². The van der Waals surface area contributed by atoms with Crippen LogP contribution in [0.1, 0.15) is 12.5 Å². The van der Waals surface area contributed by atoms with E-state index in [1.54, 1.807) is 47.4 Å². The second kappa shape index (κ2) is 8.43. The molecule has 0 saturated carbocycles. The van der Waals surface area contributed by atoms with Gasteiger partial charge in [-0.2, -0.15) is 0 Å². The van der Waals surface area contributed by atoms with E-state index in [-0.39, 0.29) is 23.4 Å². The van der Waals surface area contributed by atoms with Crippen LogP contribution in [-0.2, 0) is 21.2 Å². The van der Waals surface area contributed by atoms with Crippen molar-refractivity contribution in [2.45, 2.75) is 24.3 Å². The molecule has 0 spiro atoms. The van der Waals surface area contributed by atoms with Crippen molar-refractivity contribution in [3.63, 3.8) is 0 Å². The van der Waals surface area contributed by atoms with Crippen LogP contribution in [0.4, 0.5) is 11.4 Å². The van der Waals surface area contributed by atoms with Gasteiger partial charge in [0, 0.05) is 17.8 Å². The van der Waals surface area contributed by atoms with Crippen LogP contribution in [0.5, 0.6) is 5.75 Å². The molecule has 1 amide bonds. The van der Waals surface area contributed by atoms with E-state index in [0.717, 1.165) is 22.0 Å². The number of methoxy groups -OCH3 is 1. The molecular weight excluding hydrogens is 412 g/mol. The third-order valence-corrected chi connectivity index (χ3v) is 7.22. The Balaban J connectivity index is 1.74. The molecule has 3 aromatic carbocycles. The highest BCUT2D eigenvalue weighted by Crippen LogP contribution is 2.33. The average Bonchev–Trinajstić information content (AvgIpc) is 3.13. The number of hydrogen-bond donors (Lipinski definition) is 0. The van der Waals surface area contributed by atoms with Crippen LogP contribution < -0.4 is 13.9 Å². The predicted molar refractivity (Wildman–Crippen MR) is 121 cm³/mol. The third-order valence-electron chi connectivity index (χ3n) is 5.43. The van der Waals surface area contributed by atoms with Crippen molar-refractivity contribution in [1.29, 1.82) is 0 Å². The van der Waals surface area contributed by atoms with Gasteiger partial charge >= 0.3 is 0 Å². The first-order valence-electron chi connectivity index (χ1n) is 10.0. The summed E-state index contributed by atoms with van der Waals surface area (Å²) >= 11 is 0. The van der Waals surface area contributed by atoms with Crippen LogP contribution >= 0.6 is 0 Å². The van der Waals surface area contributed by atoms with Crippen molar-refractivity contribution in [3.05, 3.63) is 84.4 Å². The summed E-state index contributed by atoms with van der Waals surface area (Å²) in [5.41, 5.74) is 2.29. The fourth-order valence-electron chi connectivity index (χ4n) is 3.94. The van der Waals surface area contributed by atoms with Crippen molar-refractivity contribution < 1.29 is 17.9 Å². The first-order chi connectivity index (χ1) is 14.9. The number of hydrogen-bond acceptors (Lipinski definition) is 4. The Bertz CT molecular complexity index is 1190. The SMILES string of the molecule is COc1cccc(N(CC(=O)N2c3ccccc3C[C@@H]2C)S(=O)(=O)c2ccccc2)c1. The van der Waals surface area contributed by atoms with E-state index >= 15 is 0 Å². The van der Waals surface area contributed by atoms with Crippen molar-refractivity contribution in [3.8, 4) is 5.75 Å². The maximum atomic E-state index is 13.5. The smallest absolute Gasteiger partial charge is 0.264 e. The molecule has 1 atom stereocenters. The lowest BCUT2D eigenvalue weighted by Crippen LogP contribution is -2.45. The second-order valence-corrected chi connectivity index (χ2v) is 9.33. The summed E-state index contributed by atoms with van der Waals surface area (Å²) in [5, 5.41) is 0. The third kappa shape index (κ3) is 4.01. The van der Waals surface area contributed by atoms with Crippen LogP contribution in [0.25, 0.3) is 0 Å². The molecule has 0 aromatic heterocycles. The Kier molecular flexibility index (Phi) is 5.69. The number of fused-ring (bicyclic) bond motifs is 1. The summed E-state index contributed by atoms with van der Waals surface area (Å²) < 4.78 is 33.5. The molecule has 0 bridgehead atoms. The van der Waals surface area contributed by atoms with Gasteiger partial charge in [-0.1, -0.05) is 42.5 Å². The van der Waals surface area contributed by atoms with Gasteiger partial charge < -0.3 is 9.64 Å². The largest absolute Gasteiger partial charge is 0.497 e. The molecule has 0 aliphatic carbocycles. The topological polar surface area (TPSA) is 66.9 Å². The van der Waals surface area contributed by atoms with Gasteiger partial charge in [0.15, 0.2) is 0 Å². The summed E-state index contributed by atoms with van der Waals surface area (Å²) in [6.07, 6.45) is 0.743. The zero-order chi connectivity index (χ0) is 22.0. The van der Waals surface area contributed by atoms with Gasteiger partial charge in [-0.3, -0.25) is 9.10 Å². The van der Waals surface area contributed by atoms with Gasteiger partial charge in [-0.15, -0.1) is 0 Å². The number of ether oxygens (including phenoxy) is 1. The number of sulfonamides is 1. The maximum Gasteiger partial charge on any atom is 0.264 e. The van der Waals surface area contributed by atoms with E-state index < -0.39 is 10.0 Å². The quantitative estimate of drug-likeness (QED) is 0.588. The Morgan fingerprint density at radius 2 is 1.74 bits per heavy atom. The maximum absolute atomic E-state index is 13.5. The predicted octanol–water partition coefficient (Wildman–Crippen LogP) is 3.87. The minimum absolute atomic E-state index is 0.0449. The van der Waals surface area contributed by atoms with E-state index in [1.807, 2.05) is 31.2 Å². The lowest BCUT2D eigenvalue weighted by atomic mass is 10.1. The van der Waals surface area contributed by atoms with E-state index in [9.17, 15) is 13.2 Å². The molecule has 6 nitrogen and oxygen atoms in total. The molecule has 0 unspecified atom stereocenters.